The lowest BCUT2D eigenvalue weighted by Gasteiger charge is -2.32. The van der Waals surface area contributed by atoms with Crippen LogP contribution >= 0.6 is 0 Å². The van der Waals surface area contributed by atoms with Crippen LogP contribution in [-0.4, -0.2) is 37.0 Å². The van der Waals surface area contributed by atoms with Crippen LogP contribution in [0.1, 0.15) is 24.8 Å². The summed E-state index contributed by atoms with van der Waals surface area (Å²) in [5.41, 5.74) is 6.14. The van der Waals surface area contributed by atoms with Gasteiger partial charge in [-0.2, -0.15) is 0 Å². The standard InChI is InChI=1S/C14H21N3O/c1-17-9-3-2-4-12(17)10-18-13-7-5-11(6-8-13)14(15)16/h5-8,12H,2-4,9-10H2,1H3,(H3,15,16). The molecule has 1 unspecified atom stereocenters. The van der Waals surface area contributed by atoms with Crippen molar-refractivity contribution in [3.63, 3.8) is 0 Å². The summed E-state index contributed by atoms with van der Waals surface area (Å²) >= 11 is 0. The number of likely N-dealkylation sites (N-methyl/N-ethyl adjacent to an activating group) is 1. The van der Waals surface area contributed by atoms with E-state index < -0.39 is 0 Å². The van der Waals surface area contributed by atoms with Crippen molar-refractivity contribution in [3.8, 4) is 5.75 Å². The molecule has 1 fully saturated rings. The number of benzene rings is 1. The molecule has 3 N–H and O–H groups in total. The fourth-order valence-electron chi connectivity index (χ4n) is 2.28. The Morgan fingerprint density at radius 3 is 2.72 bits per heavy atom. The molecule has 4 heteroatoms. The number of rotatable bonds is 4. The zero-order valence-corrected chi connectivity index (χ0v) is 10.9. The van der Waals surface area contributed by atoms with E-state index >= 15 is 0 Å². The van der Waals surface area contributed by atoms with Gasteiger partial charge in [0.25, 0.3) is 0 Å². The minimum absolute atomic E-state index is 0.0913. The summed E-state index contributed by atoms with van der Waals surface area (Å²) in [5, 5.41) is 7.32. The molecule has 0 saturated carbocycles. The zero-order chi connectivity index (χ0) is 13.0. The molecule has 1 saturated heterocycles. The van der Waals surface area contributed by atoms with E-state index in [1.165, 1.54) is 19.3 Å². The van der Waals surface area contributed by atoms with E-state index in [2.05, 4.69) is 11.9 Å². The monoisotopic (exact) mass is 247 g/mol. The normalized spacial score (nSPS) is 20.6. The molecule has 98 valence electrons. The average molecular weight is 247 g/mol. The molecule has 4 nitrogen and oxygen atoms in total. The fourth-order valence-corrected chi connectivity index (χ4v) is 2.28. The third-order valence-corrected chi connectivity index (χ3v) is 3.53. The van der Waals surface area contributed by atoms with Gasteiger partial charge in [-0.05, 0) is 50.7 Å². The Balaban J connectivity index is 1.87. The average Bonchev–Trinajstić information content (AvgIpc) is 2.38. The SMILES string of the molecule is CN1CCCCC1COc1ccc(C(=N)N)cc1. The predicted molar refractivity (Wildman–Crippen MR) is 73.2 cm³/mol. The molecular weight excluding hydrogens is 226 g/mol. The van der Waals surface area contributed by atoms with Crippen molar-refractivity contribution < 1.29 is 4.74 Å². The first-order valence-corrected chi connectivity index (χ1v) is 6.44. The molecular formula is C14H21N3O. The summed E-state index contributed by atoms with van der Waals surface area (Å²) in [6, 6.07) is 7.91. The van der Waals surface area contributed by atoms with Gasteiger partial charge in [0.1, 0.15) is 18.2 Å². The lowest BCUT2D eigenvalue weighted by Crippen LogP contribution is -2.40. The highest BCUT2D eigenvalue weighted by atomic mass is 16.5. The highest BCUT2D eigenvalue weighted by Gasteiger charge is 2.19. The number of nitrogens with zero attached hydrogens (tertiary/aromatic N) is 1. The van der Waals surface area contributed by atoms with Crippen LogP contribution in [0.3, 0.4) is 0 Å². The predicted octanol–water partition coefficient (Wildman–Crippen LogP) is 1.83. The van der Waals surface area contributed by atoms with E-state index in [9.17, 15) is 0 Å². The maximum absolute atomic E-state index is 7.32. The Labute approximate surface area is 108 Å². The Kier molecular flexibility index (Phi) is 4.20. The zero-order valence-electron chi connectivity index (χ0n) is 10.9. The summed E-state index contributed by atoms with van der Waals surface area (Å²) in [6.07, 6.45) is 3.80. The van der Waals surface area contributed by atoms with Crippen LogP contribution in [-0.2, 0) is 0 Å². The fraction of sp³-hybridized carbons (Fsp3) is 0.500. The van der Waals surface area contributed by atoms with Crippen LogP contribution in [0.5, 0.6) is 5.75 Å². The molecule has 1 aliphatic heterocycles. The second kappa shape index (κ2) is 5.87. The second-order valence-corrected chi connectivity index (χ2v) is 4.88. The minimum Gasteiger partial charge on any atom is -0.492 e. The molecule has 18 heavy (non-hydrogen) atoms. The smallest absolute Gasteiger partial charge is 0.122 e. The van der Waals surface area contributed by atoms with Crippen molar-refractivity contribution in [1.82, 2.24) is 4.90 Å². The van der Waals surface area contributed by atoms with Gasteiger partial charge in [-0.25, -0.2) is 0 Å². The van der Waals surface area contributed by atoms with Crippen molar-refractivity contribution in [2.75, 3.05) is 20.2 Å². The molecule has 0 aliphatic carbocycles. The molecule has 0 bridgehead atoms. The third-order valence-electron chi connectivity index (χ3n) is 3.53. The van der Waals surface area contributed by atoms with E-state index in [0.29, 0.717) is 6.04 Å². The van der Waals surface area contributed by atoms with Crippen LogP contribution in [0.4, 0.5) is 0 Å². The molecule has 2 rings (SSSR count). The number of nitrogen functional groups attached to an aromatic ring is 1. The van der Waals surface area contributed by atoms with Gasteiger partial charge >= 0.3 is 0 Å². The quantitative estimate of drug-likeness (QED) is 0.630. The third kappa shape index (κ3) is 3.23. The Morgan fingerprint density at radius 2 is 2.11 bits per heavy atom. The minimum atomic E-state index is 0.0913. The van der Waals surface area contributed by atoms with Crippen LogP contribution in [0.2, 0.25) is 0 Å². The number of piperidine rings is 1. The summed E-state index contributed by atoms with van der Waals surface area (Å²) in [4.78, 5) is 2.37. The van der Waals surface area contributed by atoms with Gasteiger partial charge in [0.2, 0.25) is 0 Å². The van der Waals surface area contributed by atoms with Gasteiger partial charge in [0.15, 0.2) is 0 Å². The molecule has 1 aromatic rings. The van der Waals surface area contributed by atoms with Gasteiger partial charge in [0, 0.05) is 11.6 Å². The maximum atomic E-state index is 7.32. The van der Waals surface area contributed by atoms with Gasteiger partial charge in [-0.15, -0.1) is 0 Å². The summed E-state index contributed by atoms with van der Waals surface area (Å²) < 4.78 is 5.80. The number of nitrogens with one attached hydrogen (secondary N) is 1. The Bertz CT molecular complexity index is 402. The lowest BCUT2D eigenvalue weighted by atomic mass is 10.0. The van der Waals surface area contributed by atoms with Crippen molar-refractivity contribution in [1.29, 1.82) is 5.41 Å². The largest absolute Gasteiger partial charge is 0.492 e. The van der Waals surface area contributed by atoms with Gasteiger partial charge in [0.05, 0.1) is 0 Å². The molecule has 0 spiro atoms. The number of hydrogen-bond donors (Lipinski definition) is 2. The number of hydrogen-bond acceptors (Lipinski definition) is 3. The highest BCUT2D eigenvalue weighted by Crippen LogP contribution is 2.17. The summed E-state index contributed by atoms with van der Waals surface area (Å²) in [5.74, 6) is 0.938. The van der Waals surface area contributed by atoms with Crippen molar-refractivity contribution in [3.05, 3.63) is 29.8 Å². The summed E-state index contributed by atoms with van der Waals surface area (Å²) in [6.45, 7) is 1.90. The highest BCUT2D eigenvalue weighted by molar-refractivity contribution is 5.94. The van der Waals surface area contributed by atoms with E-state index in [0.717, 1.165) is 24.5 Å². The number of ether oxygens (including phenoxy) is 1. The van der Waals surface area contributed by atoms with Crippen LogP contribution < -0.4 is 10.5 Å². The first-order chi connectivity index (χ1) is 8.66. The molecule has 1 aromatic carbocycles. The second-order valence-electron chi connectivity index (χ2n) is 4.88. The first kappa shape index (κ1) is 12.9. The van der Waals surface area contributed by atoms with Crippen LogP contribution in [0.15, 0.2) is 24.3 Å². The molecule has 1 heterocycles. The van der Waals surface area contributed by atoms with E-state index in [1.807, 2.05) is 24.3 Å². The number of likely N-dealkylation sites (tertiary alicyclic amines) is 1. The molecule has 1 aliphatic rings. The Hall–Kier alpha value is -1.55. The van der Waals surface area contributed by atoms with Crippen molar-refractivity contribution in [2.24, 2.45) is 5.73 Å². The van der Waals surface area contributed by atoms with E-state index in [1.54, 1.807) is 0 Å². The molecule has 0 aromatic heterocycles. The van der Waals surface area contributed by atoms with Crippen molar-refractivity contribution in [2.45, 2.75) is 25.3 Å². The Morgan fingerprint density at radius 1 is 1.39 bits per heavy atom. The number of nitrogens with two attached hydrogens (primary N) is 1. The summed E-state index contributed by atoms with van der Waals surface area (Å²) in [7, 11) is 2.16. The molecule has 0 radical (unpaired) electrons. The lowest BCUT2D eigenvalue weighted by molar-refractivity contribution is 0.125. The topological polar surface area (TPSA) is 62.3 Å². The maximum Gasteiger partial charge on any atom is 0.122 e. The first-order valence-electron chi connectivity index (χ1n) is 6.44. The van der Waals surface area contributed by atoms with Crippen LogP contribution in [0.25, 0.3) is 0 Å². The molecule has 1 atom stereocenters. The molecule has 0 amide bonds. The van der Waals surface area contributed by atoms with Gasteiger partial charge in [-0.3, -0.25) is 5.41 Å². The van der Waals surface area contributed by atoms with Crippen molar-refractivity contribution >= 4 is 5.84 Å². The van der Waals surface area contributed by atoms with E-state index in [4.69, 9.17) is 15.9 Å². The number of amidine groups is 1. The van der Waals surface area contributed by atoms with Gasteiger partial charge < -0.3 is 15.4 Å². The van der Waals surface area contributed by atoms with Gasteiger partial charge in [-0.1, -0.05) is 6.42 Å². The van der Waals surface area contributed by atoms with E-state index in [-0.39, 0.29) is 5.84 Å². The van der Waals surface area contributed by atoms with Crippen LogP contribution in [0, 0.1) is 5.41 Å².